The SMILES string of the molecule is c1ccc(-c2csc3[n+]2CCS3)cc1. The van der Waals surface area contributed by atoms with Gasteiger partial charge in [0.25, 0.3) is 4.34 Å². The quantitative estimate of drug-likeness (QED) is 0.668. The van der Waals surface area contributed by atoms with E-state index in [1.807, 2.05) is 23.1 Å². The minimum absolute atomic E-state index is 1.16. The van der Waals surface area contributed by atoms with Crippen LogP contribution in [0, 0.1) is 0 Å². The highest BCUT2D eigenvalue weighted by Gasteiger charge is 2.26. The number of nitrogens with zero attached hydrogens (tertiary/aromatic N) is 1. The molecule has 1 aliphatic rings. The van der Waals surface area contributed by atoms with Crippen molar-refractivity contribution < 1.29 is 4.57 Å². The molecule has 14 heavy (non-hydrogen) atoms. The van der Waals surface area contributed by atoms with Gasteiger partial charge in [-0.1, -0.05) is 29.5 Å². The van der Waals surface area contributed by atoms with Crippen molar-refractivity contribution in [2.75, 3.05) is 5.75 Å². The normalized spacial score (nSPS) is 14.3. The molecule has 0 saturated carbocycles. The maximum Gasteiger partial charge on any atom is 0.298 e. The lowest BCUT2D eigenvalue weighted by molar-refractivity contribution is -0.706. The fraction of sp³-hybridized carbons (Fsp3) is 0.182. The summed E-state index contributed by atoms with van der Waals surface area (Å²) in [5.74, 6) is 1.23. The van der Waals surface area contributed by atoms with Crippen LogP contribution in [-0.2, 0) is 6.54 Å². The second-order valence-corrected chi connectivity index (χ2v) is 5.45. The molecule has 0 unspecified atom stereocenters. The average molecular weight is 220 g/mol. The number of hydrogen-bond acceptors (Lipinski definition) is 2. The Hall–Kier alpha value is -0.800. The molecule has 3 rings (SSSR count). The predicted octanol–water partition coefficient (Wildman–Crippen LogP) is 2.81. The standard InChI is InChI=1S/C11H10NS2/c1-2-4-9(5-3-1)10-8-14-11-12(10)6-7-13-11/h1-5,8H,6-7H2/q+1. The molecular weight excluding hydrogens is 210 g/mol. The second kappa shape index (κ2) is 3.41. The minimum atomic E-state index is 1.16. The second-order valence-electron chi connectivity index (χ2n) is 3.25. The summed E-state index contributed by atoms with van der Waals surface area (Å²) >= 11 is 3.82. The molecule has 1 aromatic heterocycles. The first-order chi connectivity index (χ1) is 6.95. The van der Waals surface area contributed by atoms with Crippen LogP contribution in [0.25, 0.3) is 11.3 Å². The van der Waals surface area contributed by atoms with Crippen molar-refractivity contribution in [1.29, 1.82) is 0 Å². The van der Waals surface area contributed by atoms with Crippen LogP contribution in [0.5, 0.6) is 0 Å². The van der Waals surface area contributed by atoms with E-state index < -0.39 is 0 Å². The van der Waals surface area contributed by atoms with Crippen molar-refractivity contribution in [2.24, 2.45) is 0 Å². The molecule has 0 aliphatic carbocycles. The molecule has 3 heteroatoms. The fourth-order valence-electron chi connectivity index (χ4n) is 1.71. The summed E-state index contributed by atoms with van der Waals surface area (Å²) < 4.78 is 3.87. The van der Waals surface area contributed by atoms with Crippen molar-refractivity contribution in [3.05, 3.63) is 35.7 Å². The highest BCUT2D eigenvalue weighted by atomic mass is 32.2. The number of rotatable bonds is 1. The van der Waals surface area contributed by atoms with Crippen molar-refractivity contribution >= 4 is 23.1 Å². The monoisotopic (exact) mass is 220 g/mol. The molecule has 0 fully saturated rings. The van der Waals surface area contributed by atoms with E-state index in [0.29, 0.717) is 0 Å². The Morgan fingerprint density at radius 1 is 1.14 bits per heavy atom. The van der Waals surface area contributed by atoms with Gasteiger partial charge in [-0.25, -0.2) is 0 Å². The molecule has 1 aromatic carbocycles. The molecule has 2 heterocycles. The number of aromatic nitrogens is 1. The van der Waals surface area contributed by atoms with E-state index in [9.17, 15) is 0 Å². The molecule has 0 bridgehead atoms. The van der Waals surface area contributed by atoms with Crippen molar-refractivity contribution in [1.82, 2.24) is 0 Å². The topological polar surface area (TPSA) is 3.88 Å². The molecule has 0 atom stereocenters. The molecule has 0 N–H and O–H groups in total. The number of hydrogen-bond donors (Lipinski definition) is 0. The van der Waals surface area contributed by atoms with Gasteiger partial charge in [0.2, 0.25) is 5.69 Å². The van der Waals surface area contributed by atoms with Crippen molar-refractivity contribution in [2.45, 2.75) is 10.9 Å². The maximum absolute atomic E-state index is 2.42. The summed E-state index contributed by atoms with van der Waals surface area (Å²) in [5, 5.41) is 2.26. The third kappa shape index (κ3) is 1.28. The number of thioether (sulfide) groups is 1. The number of thiazole rings is 1. The summed E-state index contributed by atoms with van der Waals surface area (Å²) in [5.41, 5.74) is 2.70. The first kappa shape index (κ1) is 8.50. The van der Waals surface area contributed by atoms with Crippen LogP contribution in [0.4, 0.5) is 0 Å². The van der Waals surface area contributed by atoms with Crippen LogP contribution in [0.1, 0.15) is 0 Å². The van der Waals surface area contributed by atoms with Gasteiger partial charge >= 0.3 is 0 Å². The Balaban J connectivity index is 2.13. The van der Waals surface area contributed by atoms with E-state index >= 15 is 0 Å². The van der Waals surface area contributed by atoms with Crippen LogP contribution in [0.2, 0.25) is 0 Å². The van der Waals surface area contributed by atoms with Gasteiger partial charge in [0.05, 0.1) is 11.1 Å². The molecule has 0 spiro atoms. The van der Waals surface area contributed by atoms with Gasteiger partial charge in [-0.2, -0.15) is 4.57 Å². The lowest BCUT2D eigenvalue weighted by Gasteiger charge is -1.94. The fourth-order valence-corrected chi connectivity index (χ4v) is 3.97. The van der Waals surface area contributed by atoms with Crippen LogP contribution in [-0.4, -0.2) is 5.75 Å². The van der Waals surface area contributed by atoms with Gasteiger partial charge in [0.15, 0.2) is 6.54 Å². The summed E-state index contributed by atoms with van der Waals surface area (Å²) in [6.45, 7) is 1.16. The van der Waals surface area contributed by atoms with E-state index in [0.717, 1.165) is 6.54 Å². The predicted molar refractivity (Wildman–Crippen MR) is 60.7 cm³/mol. The van der Waals surface area contributed by atoms with Crippen molar-refractivity contribution in [3.8, 4) is 11.3 Å². The lowest BCUT2D eigenvalue weighted by Crippen LogP contribution is -2.32. The van der Waals surface area contributed by atoms with E-state index in [1.165, 1.54) is 21.3 Å². The molecule has 1 nitrogen and oxygen atoms in total. The Bertz CT molecular complexity index is 448. The van der Waals surface area contributed by atoms with Gasteiger partial charge < -0.3 is 0 Å². The van der Waals surface area contributed by atoms with E-state index in [2.05, 4.69) is 40.3 Å². The molecule has 70 valence electrons. The van der Waals surface area contributed by atoms with Gasteiger partial charge in [-0.15, -0.1) is 0 Å². The molecule has 1 aliphatic heterocycles. The molecule has 0 saturated heterocycles. The summed E-state index contributed by atoms with van der Waals surface area (Å²) in [6, 6.07) is 10.6. The minimum Gasteiger partial charge on any atom is -0.175 e. The molecule has 0 radical (unpaired) electrons. The molecule has 0 amide bonds. The Morgan fingerprint density at radius 3 is 2.86 bits per heavy atom. The first-order valence-electron chi connectivity index (χ1n) is 4.65. The van der Waals surface area contributed by atoms with Crippen LogP contribution in [0.3, 0.4) is 0 Å². The average Bonchev–Trinajstić information content (AvgIpc) is 2.79. The van der Waals surface area contributed by atoms with Crippen LogP contribution >= 0.6 is 23.1 Å². The third-order valence-electron chi connectivity index (χ3n) is 2.39. The molecular formula is C11H10NS2+. The van der Waals surface area contributed by atoms with Gasteiger partial charge in [0.1, 0.15) is 0 Å². The van der Waals surface area contributed by atoms with E-state index in [1.54, 1.807) is 0 Å². The van der Waals surface area contributed by atoms with Crippen LogP contribution < -0.4 is 4.57 Å². The highest BCUT2D eigenvalue weighted by molar-refractivity contribution is 8.01. The van der Waals surface area contributed by atoms with Crippen molar-refractivity contribution in [3.63, 3.8) is 0 Å². The van der Waals surface area contributed by atoms with Gasteiger partial charge in [0, 0.05) is 5.56 Å². The number of fused-ring (bicyclic) bond motifs is 1. The first-order valence-corrected chi connectivity index (χ1v) is 6.51. The van der Waals surface area contributed by atoms with E-state index in [4.69, 9.17) is 0 Å². The Morgan fingerprint density at radius 2 is 2.00 bits per heavy atom. The molecule has 2 aromatic rings. The van der Waals surface area contributed by atoms with Gasteiger partial charge in [-0.05, 0) is 23.9 Å². The zero-order chi connectivity index (χ0) is 9.38. The third-order valence-corrected chi connectivity index (χ3v) is 4.65. The Labute approximate surface area is 91.4 Å². The largest absolute Gasteiger partial charge is 0.298 e. The lowest BCUT2D eigenvalue weighted by atomic mass is 10.2. The maximum atomic E-state index is 2.42. The smallest absolute Gasteiger partial charge is 0.175 e. The summed E-state index contributed by atoms with van der Waals surface area (Å²) in [7, 11) is 0. The zero-order valence-electron chi connectivity index (χ0n) is 7.64. The summed E-state index contributed by atoms with van der Waals surface area (Å²) in [4.78, 5) is 0. The van der Waals surface area contributed by atoms with Crippen LogP contribution in [0.15, 0.2) is 40.1 Å². The number of benzene rings is 1. The highest BCUT2D eigenvalue weighted by Crippen LogP contribution is 2.29. The Kier molecular flexibility index (Phi) is 2.07. The summed E-state index contributed by atoms with van der Waals surface area (Å²) in [6.07, 6.45) is 0. The zero-order valence-corrected chi connectivity index (χ0v) is 9.28. The van der Waals surface area contributed by atoms with Gasteiger partial charge in [-0.3, -0.25) is 0 Å². The van der Waals surface area contributed by atoms with E-state index in [-0.39, 0.29) is 0 Å².